The van der Waals surface area contributed by atoms with Crippen LogP contribution >= 0.6 is 11.6 Å². The van der Waals surface area contributed by atoms with Crippen LogP contribution in [0, 0.1) is 11.8 Å². The standard InChI is InChI=1S/C12H22ClN/c1-8(13)12(2,3)14-11-7-9-4-5-10(11)6-9/h8-11,14H,4-7H2,1-3H3. The average molecular weight is 216 g/mol. The molecule has 2 rings (SSSR count). The molecule has 0 spiro atoms. The molecule has 4 unspecified atom stereocenters. The lowest BCUT2D eigenvalue weighted by molar-refractivity contribution is 0.263. The van der Waals surface area contributed by atoms with Crippen LogP contribution in [0.25, 0.3) is 0 Å². The number of hydrogen-bond acceptors (Lipinski definition) is 1. The van der Waals surface area contributed by atoms with Crippen LogP contribution in [-0.2, 0) is 0 Å². The zero-order chi connectivity index (χ0) is 10.3. The van der Waals surface area contributed by atoms with Crippen molar-refractivity contribution in [1.29, 1.82) is 0 Å². The van der Waals surface area contributed by atoms with Crippen molar-refractivity contribution in [2.24, 2.45) is 11.8 Å². The number of nitrogens with one attached hydrogen (secondary N) is 1. The van der Waals surface area contributed by atoms with Gasteiger partial charge < -0.3 is 5.32 Å². The Balaban J connectivity index is 1.92. The van der Waals surface area contributed by atoms with Gasteiger partial charge in [-0.1, -0.05) is 6.42 Å². The first kappa shape index (κ1) is 10.8. The molecular weight excluding hydrogens is 194 g/mol. The van der Waals surface area contributed by atoms with E-state index in [2.05, 4.69) is 26.1 Å². The van der Waals surface area contributed by atoms with Crippen LogP contribution in [0.15, 0.2) is 0 Å². The Morgan fingerprint density at radius 3 is 2.43 bits per heavy atom. The minimum Gasteiger partial charge on any atom is -0.307 e. The van der Waals surface area contributed by atoms with Gasteiger partial charge >= 0.3 is 0 Å². The first-order valence-corrected chi connectivity index (χ1v) is 6.34. The molecule has 1 nitrogen and oxygen atoms in total. The molecule has 0 heterocycles. The molecular formula is C12H22ClN. The Labute approximate surface area is 92.6 Å². The molecule has 4 atom stereocenters. The second-order valence-corrected chi connectivity index (χ2v) is 6.42. The molecule has 0 saturated heterocycles. The quantitative estimate of drug-likeness (QED) is 0.714. The number of fused-ring (bicyclic) bond motifs is 2. The lowest BCUT2D eigenvalue weighted by Crippen LogP contribution is -2.52. The van der Waals surface area contributed by atoms with Crippen LogP contribution in [0.3, 0.4) is 0 Å². The zero-order valence-electron chi connectivity index (χ0n) is 9.52. The van der Waals surface area contributed by atoms with Gasteiger partial charge in [-0.2, -0.15) is 0 Å². The summed E-state index contributed by atoms with van der Waals surface area (Å²) in [6.45, 7) is 6.52. The highest BCUT2D eigenvalue weighted by Crippen LogP contribution is 2.45. The Bertz CT molecular complexity index is 212. The van der Waals surface area contributed by atoms with Crippen molar-refractivity contribution in [3.8, 4) is 0 Å². The highest BCUT2D eigenvalue weighted by Gasteiger charge is 2.41. The molecule has 14 heavy (non-hydrogen) atoms. The molecule has 0 radical (unpaired) electrons. The van der Waals surface area contributed by atoms with Gasteiger partial charge in [0.25, 0.3) is 0 Å². The van der Waals surface area contributed by atoms with E-state index in [1.165, 1.54) is 25.7 Å². The first-order valence-electron chi connectivity index (χ1n) is 5.91. The minimum absolute atomic E-state index is 0.0801. The van der Waals surface area contributed by atoms with Crippen LogP contribution < -0.4 is 5.32 Å². The van der Waals surface area contributed by atoms with E-state index >= 15 is 0 Å². The molecule has 0 aromatic heterocycles. The Hall–Kier alpha value is 0.250. The smallest absolute Gasteiger partial charge is 0.0484 e. The molecule has 2 fully saturated rings. The molecule has 2 heteroatoms. The van der Waals surface area contributed by atoms with E-state index in [9.17, 15) is 0 Å². The summed E-state index contributed by atoms with van der Waals surface area (Å²) in [5.74, 6) is 1.95. The van der Waals surface area contributed by atoms with Crippen LogP contribution in [-0.4, -0.2) is 17.0 Å². The number of halogens is 1. The number of rotatable bonds is 3. The Kier molecular flexibility index (Phi) is 2.83. The van der Waals surface area contributed by atoms with Gasteiger partial charge in [-0.15, -0.1) is 11.6 Å². The summed E-state index contributed by atoms with van der Waals surface area (Å²) in [7, 11) is 0. The predicted molar refractivity (Wildman–Crippen MR) is 61.8 cm³/mol. The van der Waals surface area contributed by atoms with Crippen LogP contribution in [0.5, 0.6) is 0 Å². The third kappa shape index (κ3) is 1.94. The van der Waals surface area contributed by atoms with Gasteiger partial charge in [0.1, 0.15) is 0 Å². The molecule has 2 bridgehead atoms. The molecule has 82 valence electrons. The van der Waals surface area contributed by atoms with Gasteiger partial charge in [-0.05, 0) is 51.9 Å². The van der Waals surface area contributed by atoms with Crippen molar-refractivity contribution >= 4 is 11.6 Å². The lowest BCUT2D eigenvalue weighted by atomic mass is 9.91. The highest BCUT2D eigenvalue weighted by atomic mass is 35.5. The highest BCUT2D eigenvalue weighted by molar-refractivity contribution is 6.21. The van der Waals surface area contributed by atoms with E-state index in [-0.39, 0.29) is 10.9 Å². The normalized spacial score (nSPS) is 39.0. The minimum atomic E-state index is 0.0801. The lowest BCUT2D eigenvalue weighted by Gasteiger charge is -2.36. The summed E-state index contributed by atoms with van der Waals surface area (Å²) in [6, 6.07) is 0.741. The second kappa shape index (κ2) is 3.68. The molecule has 2 saturated carbocycles. The molecule has 0 aromatic rings. The molecule has 0 aliphatic heterocycles. The number of alkyl halides is 1. The predicted octanol–water partition coefficient (Wildman–Crippen LogP) is 3.17. The van der Waals surface area contributed by atoms with Gasteiger partial charge in [0.15, 0.2) is 0 Å². The van der Waals surface area contributed by atoms with E-state index in [4.69, 9.17) is 11.6 Å². The van der Waals surface area contributed by atoms with E-state index in [1.807, 2.05) is 0 Å². The fourth-order valence-electron chi connectivity index (χ4n) is 3.01. The summed E-state index contributed by atoms with van der Waals surface area (Å²) in [5.41, 5.74) is 0.0801. The van der Waals surface area contributed by atoms with Crippen LogP contribution in [0.4, 0.5) is 0 Å². The molecule has 2 aliphatic carbocycles. The maximum Gasteiger partial charge on any atom is 0.0484 e. The summed E-state index contributed by atoms with van der Waals surface area (Å²) < 4.78 is 0. The third-order valence-corrected chi connectivity index (χ3v) is 4.84. The van der Waals surface area contributed by atoms with Gasteiger partial charge in [-0.25, -0.2) is 0 Å². The largest absolute Gasteiger partial charge is 0.307 e. The first-order chi connectivity index (χ1) is 6.49. The molecule has 0 amide bonds. The Morgan fingerprint density at radius 2 is 2.00 bits per heavy atom. The van der Waals surface area contributed by atoms with E-state index < -0.39 is 0 Å². The molecule has 1 N–H and O–H groups in total. The fourth-order valence-corrected chi connectivity index (χ4v) is 3.08. The maximum absolute atomic E-state index is 6.19. The van der Waals surface area contributed by atoms with Gasteiger partial charge in [0.2, 0.25) is 0 Å². The topological polar surface area (TPSA) is 12.0 Å². The van der Waals surface area contributed by atoms with E-state index in [1.54, 1.807) is 0 Å². The van der Waals surface area contributed by atoms with Crippen molar-refractivity contribution in [3.63, 3.8) is 0 Å². The van der Waals surface area contributed by atoms with Crippen molar-refractivity contribution in [2.45, 2.75) is 63.4 Å². The Morgan fingerprint density at radius 1 is 1.29 bits per heavy atom. The van der Waals surface area contributed by atoms with Gasteiger partial charge in [0, 0.05) is 17.0 Å². The van der Waals surface area contributed by atoms with Crippen molar-refractivity contribution in [1.82, 2.24) is 5.32 Å². The van der Waals surface area contributed by atoms with Crippen LogP contribution in [0.2, 0.25) is 0 Å². The fraction of sp³-hybridized carbons (Fsp3) is 1.00. The number of hydrogen-bond donors (Lipinski definition) is 1. The summed E-state index contributed by atoms with van der Waals surface area (Å²) in [4.78, 5) is 0. The average Bonchev–Trinajstić information content (AvgIpc) is 2.63. The van der Waals surface area contributed by atoms with E-state index in [0.717, 1.165) is 17.9 Å². The van der Waals surface area contributed by atoms with Crippen LogP contribution in [0.1, 0.15) is 46.5 Å². The van der Waals surface area contributed by atoms with E-state index in [0.29, 0.717) is 0 Å². The summed E-state index contributed by atoms with van der Waals surface area (Å²) in [6.07, 6.45) is 5.76. The zero-order valence-corrected chi connectivity index (χ0v) is 10.3. The maximum atomic E-state index is 6.19. The molecule has 0 aromatic carbocycles. The summed E-state index contributed by atoms with van der Waals surface area (Å²) >= 11 is 6.19. The van der Waals surface area contributed by atoms with Crippen molar-refractivity contribution in [3.05, 3.63) is 0 Å². The van der Waals surface area contributed by atoms with Crippen molar-refractivity contribution < 1.29 is 0 Å². The van der Waals surface area contributed by atoms with Gasteiger partial charge in [0.05, 0.1) is 0 Å². The second-order valence-electron chi connectivity index (χ2n) is 5.76. The van der Waals surface area contributed by atoms with Crippen molar-refractivity contribution in [2.75, 3.05) is 0 Å². The SMILES string of the molecule is CC(Cl)C(C)(C)NC1CC2CCC1C2. The van der Waals surface area contributed by atoms with Gasteiger partial charge in [-0.3, -0.25) is 0 Å². The molecule has 2 aliphatic rings. The third-order valence-electron chi connectivity index (χ3n) is 4.29. The monoisotopic (exact) mass is 215 g/mol. The summed E-state index contributed by atoms with van der Waals surface area (Å²) in [5, 5.41) is 3.95.